The van der Waals surface area contributed by atoms with Crippen molar-refractivity contribution in [3.63, 3.8) is 0 Å². The SMILES string of the molecule is CCOC(=O)C(=CNc1ccc(=O)c(O)c(-c2ccccc2)c1)C(=O)OCC. The summed E-state index contributed by atoms with van der Waals surface area (Å²) >= 11 is 0. The number of carbonyl (C=O) groups excluding carboxylic acids is 2. The first-order valence-corrected chi connectivity index (χ1v) is 8.71. The van der Waals surface area contributed by atoms with Crippen LogP contribution in [0.5, 0.6) is 5.75 Å². The Bertz CT molecular complexity index is 917. The summed E-state index contributed by atoms with van der Waals surface area (Å²) < 4.78 is 9.74. The molecule has 2 rings (SSSR count). The maximum atomic E-state index is 12.0. The Balaban J connectivity index is 2.45. The second-order valence-corrected chi connectivity index (χ2v) is 5.57. The highest BCUT2D eigenvalue weighted by Gasteiger charge is 2.21. The van der Waals surface area contributed by atoms with Crippen LogP contribution < -0.4 is 10.7 Å². The van der Waals surface area contributed by atoms with E-state index in [0.29, 0.717) is 16.8 Å². The van der Waals surface area contributed by atoms with Gasteiger partial charge in [-0.15, -0.1) is 0 Å². The molecule has 0 saturated carbocycles. The molecule has 0 radical (unpaired) electrons. The first-order chi connectivity index (χ1) is 13.5. The number of hydrogen-bond donors (Lipinski definition) is 2. The Kier molecular flexibility index (Phi) is 7.33. The van der Waals surface area contributed by atoms with Gasteiger partial charge in [0.2, 0.25) is 5.43 Å². The van der Waals surface area contributed by atoms with Gasteiger partial charge in [0, 0.05) is 17.5 Å². The molecule has 0 unspecified atom stereocenters. The van der Waals surface area contributed by atoms with Crippen molar-refractivity contribution in [2.24, 2.45) is 0 Å². The van der Waals surface area contributed by atoms with Gasteiger partial charge in [0.25, 0.3) is 0 Å². The second-order valence-electron chi connectivity index (χ2n) is 5.57. The monoisotopic (exact) mass is 383 g/mol. The van der Waals surface area contributed by atoms with Crippen molar-refractivity contribution in [3.05, 3.63) is 70.5 Å². The molecule has 0 aromatic heterocycles. The van der Waals surface area contributed by atoms with E-state index in [1.165, 1.54) is 18.2 Å². The smallest absolute Gasteiger partial charge is 0.347 e. The van der Waals surface area contributed by atoms with Gasteiger partial charge in [-0.3, -0.25) is 4.79 Å². The lowest BCUT2D eigenvalue weighted by atomic mass is 10.1. The second kappa shape index (κ2) is 9.91. The molecule has 0 fully saturated rings. The Labute approximate surface area is 162 Å². The number of hydrogen-bond acceptors (Lipinski definition) is 7. The van der Waals surface area contributed by atoms with E-state index in [4.69, 9.17) is 9.47 Å². The molecule has 2 N–H and O–H groups in total. The molecule has 0 aliphatic rings. The number of nitrogens with one attached hydrogen (secondary N) is 1. The third kappa shape index (κ3) is 5.20. The van der Waals surface area contributed by atoms with Crippen LogP contribution in [0.3, 0.4) is 0 Å². The maximum absolute atomic E-state index is 12.0. The van der Waals surface area contributed by atoms with E-state index >= 15 is 0 Å². The van der Waals surface area contributed by atoms with E-state index in [-0.39, 0.29) is 18.8 Å². The molecule has 0 heterocycles. The molecule has 146 valence electrons. The van der Waals surface area contributed by atoms with Crippen LogP contribution in [0.2, 0.25) is 0 Å². The van der Waals surface area contributed by atoms with Crippen LogP contribution >= 0.6 is 0 Å². The minimum absolute atomic E-state index is 0.0987. The van der Waals surface area contributed by atoms with Crippen LogP contribution in [-0.4, -0.2) is 30.3 Å². The fourth-order valence-corrected chi connectivity index (χ4v) is 2.35. The van der Waals surface area contributed by atoms with Crippen LogP contribution in [0.4, 0.5) is 5.69 Å². The van der Waals surface area contributed by atoms with Gasteiger partial charge < -0.3 is 19.9 Å². The molecule has 0 amide bonds. The quantitative estimate of drug-likeness (QED) is 0.328. The maximum Gasteiger partial charge on any atom is 0.347 e. The molecule has 0 spiro atoms. The molecular weight excluding hydrogens is 362 g/mol. The lowest BCUT2D eigenvalue weighted by Gasteiger charge is -2.07. The van der Waals surface area contributed by atoms with Crippen molar-refractivity contribution in [2.75, 3.05) is 18.5 Å². The van der Waals surface area contributed by atoms with Crippen LogP contribution in [-0.2, 0) is 19.1 Å². The predicted molar refractivity (Wildman–Crippen MR) is 105 cm³/mol. The summed E-state index contributed by atoms with van der Waals surface area (Å²) in [5.41, 5.74) is 0.439. The van der Waals surface area contributed by atoms with Crippen molar-refractivity contribution in [3.8, 4) is 16.9 Å². The van der Waals surface area contributed by atoms with E-state index in [9.17, 15) is 19.5 Å². The lowest BCUT2D eigenvalue weighted by molar-refractivity contribution is -0.146. The van der Waals surface area contributed by atoms with Gasteiger partial charge in [-0.25, -0.2) is 9.59 Å². The molecule has 2 aromatic rings. The molecule has 7 heteroatoms. The Morgan fingerprint density at radius 1 is 1.00 bits per heavy atom. The highest BCUT2D eigenvalue weighted by atomic mass is 16.6. The van der Waals surface area contributed by atoms with Crippen LogP contribution in [0, 0.1) is 0 Å². The first-order valence-electron chi connectivity index (χ1n) is 8.71. The van der Waals surface area contributed by atoms with Crippen molar-refractivity contribution >= 4 is 17.6 Å². The van der Waals surface area contributed by atoms with Gasteiger partial charge in [-0.05, 0) is 37.6 Å². The number of rotatable bonds is 7. The largest absolute Gasteiger partial charge is 0.504 e. The van der Waals surface area contributed by atoms with E-state index in [0.717, 1.165) is 6.20 Å². The number of anilines is 1. The Hall–Kier alpha value is -3.61. The van der Waals surface area contributed by atoms with Crippen LogP contribution in [0.15, 0.2) is 65.1 Å². The molecule has 2 aromatic carbocycles. The normalized spacial score (nSPS) is 9.93. The molecule has 0 aliphatic carbocycles. The average Bonchev–Trinajstić information content (AvgIpc) is 2.83. The van der Waals surface area contributed by atoms with Gasteiger partial charge in [0.05, 0.1) is 13.2 Å². The molecule has 28 heavy (non-hydrogen) atoms. The zero-order chi connectivity index (χ0) is 20.5. The van der Waals surface area contributed by atoms with Gasteiger partial charge in [-0.2, -0.15) is 0 Å². The summed E-state index contributed by atoms with van der Waals surface area (Å²) in [4.78, 5) is 36.1. The van der Waals surface area contributed by atoms with E-state index < -0.39 is 23.1 Å². The van der Waals surface area contributed by atoms with E-state index in [1.54, 1.807) is 38.1 Å². The molecular formula is C21H21NO6. The van der Waals surface area contributed by atoms with Gasteiger partial charge in [-0.1, -0.05) is 30.3 Å². The van der Waals surface area contributed by atoms with Crippen molar-refractivity contribution in [1.29, 1.82) is 0 Å². The summed E-state index contributed by atoms with van der Waals surface area (Å²) in [6, 6.07) is 13.0. The summed E-state index contributed by atoms with van der Waals surface area (Å²) in [5.74, 6) is -2.06. The minimum atomic E-state index is -0.829. The highest BCUT2D eigenvalue weighted by molar-refractivity contribution is 6.14. The van der Waals surface area contributed by atoms with Gasteiger partial charge >= 0.3 is 11.9 Å². The third-order valence-corrected chi connectivity index (χ3v) is 3.66. The zero-order valence-corrected chi connectivity index (χ0v) is 15.6. The lowest BCUT2D eigenvalue weighted by Crippen LogP contribution is -2.19. The summed E-state index contributed by atoms with van der Waals surface area (Å²) in [6.07, 6.45) is 1.15. The summed E-state index contributed by atoms with van der Waals surface area (Å²) in [7, 11) is 0. The third-order valence-electron chi connectivity index (χ3n) is 3.66. The minimum Gasteiger partial charge on any atom is -0.504 e. The molecule has 0 atom stereocenters. The zero-order valence-electron chi connectivity index (χ0n) is 15.6. The highest BCUT2D eigenvalue weighted by Crippen LogP contribution is 2.27. The molecule has 0 bridgehead atoms. The first kappa shape index (κ1) is 20.7. The molecule has 0 aliphatic heterocycles. The Morgan fingerprint density at radius 2 is 1.61 bits per heavy atom. The van der Waals surface area contributed by atoms with E-state index in [2.05, 4.69) is 5.32 Å². The molecule has 0 saturated heterocycles. The Morgan fingerprint density at radius 3 is 2.18 bits per heavy atom. The number of esters is 2. The van der Waals surface area contributed by atoms with Crippen LogP contribution in [0.25, 0.3) is 11.1 Å². The number of aromatic hydroxyl groups is 1. The molecule has 7 nitrogen and oxygen atoms in total. The number of carbonyl (C=O) groups is 2. The average molecular weight is 383 g/mol. The van der Waals surface area contributed by atoms with Crippen molar-refractivity contribution in [1.82, 2.24) is 0 Å². The predicted octanol–water partition coefficient (Wildman–Crippen LogP) is 2.84. The van der Waals surface area contributed by atoms with Crippen LogP contribution in [0.1, 0.15) is 13.8 Å². The standard InChI is InChI=1S/C21H21NO6/c1-3-27-20(25)17(21(26)28-4-2)13-22-15-10-11-18(23)19(24)16(12-15)14-8-6-5-7-9-14/h5-13,22H,3-4H2,1-2H3,(H,23,24). The topological polar surface area (TPSA) is 102 Å². The van der Waals surface area contributed by atoms with E-state index in [1.807, 2.05) is 6.07 Å². The van der Waals surface area contributed by atoms with Crippen molar-refractivity contribution in [2.45, 2.75) is 13.8 Å². The fraction of sp³-hybridized carbons (Fsp3) is 0.190. The summed E-state index contributed by atoms with van der Waals surface area (Å²) in [6.45, 7) is 3.44. The fourth-order valence-electron chi connectivity index (χ4n) is 2.35. The van der Waals surface area contributed by atoms with Gasteiger partial charge in [0.1, 0.15) is 0 Å². The number of benzene rings is 1. The van der Waals surface area contributed by atoms with Crippen molar-refractivity contribution < 1.29 is 24.2 Å². The number of ether oxygens (including phenoxy) is 2. The van der Waals surface area contributed by atoms with Gasteiger partial charge in [0.15, 0.2) is 11.3 Å². The summed E-state index contributed by atoms with van der Waals surface area (Å²) in [5, 5.41) is 13.0.